The van der Waals surface area contributed by atoms with Crippen LogP contribution >= 0.6 is 11.3 Å². The number of carbonyl (C=O) groups excluding carboxylic acids is 1. The predicted molar refractivity (Wildman–Crippen MR) is 121 cm³/mol. The van der Waals surface area contributed by atoms with Gasteiger partial charge in [-0.3, -0.25) is 9.59 Å². The third-order valence-corrected chi connectivity index (χ3v) is 7.88. The van der Waals surface area contributed by atoms with Crippen molar-refractivity contribution in [2.24, 2.45) is 0 Å². The minimum atomic E-state index is -0.0169. The zero-order chi connectivity index (χ0) is 23.1. The zero-order valence-corrected chi connectivity index (χ0v) is 19.2. The van der Waals surface area contributed by atoms with Gasteiger partial charge in [0.2, 0.25) is 17.6 Å². The number of piperidine rings is 1. The molecule has 6 rings (SSSR count). The largest absolute Gasteiger partial charge is 0.343 e. The van der Waals surface area contributed by atoms with Crippen molar-refractivity contribution in [2.45, 2.75) is 57.4 Å². The molecule has 0 aromatic carbocycles. The Morgan fingerprint density at radius 2 is 2.00 bits per heavy atom. The molecule has 2 aliphatic rings. The summed E-state index contributed by atoms with van der Waals surface area (Å²) in [4.78, 5) is 37.6. The number of aromatic nitrogens is 10. The first-order chi connectivity index (χ1) is 16.7. The Labute approximate surface area is 197 Å². The van der Waals surface area contributed by atoms with Crippen LogP contribution in [0.25, 0.3) is 21.9 Å². The molecule has 34 heavy (non-hydrogen) atoms. The van der Waals surface area contributed by atoms with E-state index < -0.39 is 0 Å². The molecule has 1 aliphatic heterocycles. The van der Waals surface area contributed by atoms with E-state index in [1.807, 2.05) is 4.90 Å². The van der Waals surface area contributed by atoms with E-state index in [-0.39, 0.29) is 29.6 Å². The molecule has 1 fully saturated rings. The van der Waals surface area contributed by atoms with Crippen molar-refractivity contribution in [3.05, 3.63) is 26.6 Å². The lowest BCUT2D eigenvalue weighted by atomic mass is 9.95. The maximum atomic E-state index is 12.9. The Hall–Kier alpha value is -3.55. The first-order valence-corrected chi connectivity index (χ1v) is 12.3. The normalized spacial score (nSPS) is 16.8. The Morgan fingerprint density at radius 3 is 2.82 bits per heavy atom. The zero-order valence-electron chi connectivity index (χ0n) is 18.4. The molecule has 1 aliphatic carbocycles. The number of likely N-dealkylation sites (tertiary alicyclic amines) is 1. The van der Waals surface area contributed by atoms with Crippen molar-refractivity contribution in [1.82, 2.24) is 55.7 Å². The average molecular weight is 482 g/mol. The fraction of sp³-hybridized carbons (Fsp3) is 0.550. The van der Waals surface area contributed by atoms with Crippen LogP contribution in [0, 0.1) is 0 Å². The summed E-state index contributed by atoms with van der Waals surface area (Å²) >= 11 is 1.67. The number of thiophene rings is 1. The molecule has 13 nitrogen and oxygen atoms in total. The highest BCUT2D eigenvalue weighted by Gasteiger charge is 2.27. The van der Waals surface area contributed by atoms with Crippen LogP contribution in [-0.2, 0) is 24.2 Å². The molecule has 4 aromatic rings. The van der Waals surface area contributed by atoms with E-state index in [1.165, 1.54) is 21.5 Å². The number of rotatable bonds is 5. The summed E-state index contributed by atoms with van der Waals surface area (Å²) in [6, 6.07) is 0. The van der Waals surface area contributed by atoms with Crippen molar-refractivity contribution in [2.75, 3.05) is 13.1 Å². The maximum Gasteiger partial charge on any atom is 0.259 e. The number of fused-ring (bicyclic) bond motifs is 3. The van der Waals surface area contributed by atoms with E-state index in [1.54, 1.807) is 11.3 Å². The fourth-order valence-electron chi connectivity index (χ4n) is 4.91. The number of H-pyrrole nitrogens is 2. The van der Waals surface area contributed by atoms with Crippen LogP contribution in [0.1, 0.15) is 54.3 Å². The van der Waals surface area contributed by atoms with E-state index in [2.05, 4.69) is 41.1 Å². The Kier molecular flexibility index (Phi) is 5.36. The van der Waals surface area contributed by atoms with Gasteiger partial charge in [-0.25, -0.2) is 9.67 Å². The Morgan fingerprint density at radius 1 is 1.15 bits per heavy atom. The molecule has 0 atom stereocenters. The van der Waals surface area contributed by atoms with E-state index >= 15 is 0 Å². The number of hydrogen-bond acceptors (Lipinski definition) is 10. The summed E-state index contributed by atoms with van der Waals surface area (Å²) in [5, 5.41) is 25.9. The average Bonchev–Trinajstić information content (AvgIpc) is 3.61. The summed E-state index contributed by atoms with van der Waals surface area (Å²) in [7, 11) is 0. The second-order valence-corrected chi connectivity index (χ2v) is 9.79. The van der Waals surface area contributed by atoms with E-state index in [0.29, 0.717) is 25.5 Å². The van der Waals surface area contributed by atoms with Gasteiger partial charge in [-0.05, 0) is 59.7 Å². The molecule has 5 heterocycles. The second kappa shape index (κ2) is 8.66. The molecule has 2 N–H and O–H groups in total. The first-order valence-electron chi connectivity index (χ1n) is 11.5. The van der Waals surface area contributed by atoms with Gasteiger partial charge >= 0.3 is 0 Å². The summed E-state index contributed by atoms with van der Waals surface area (Å²) in [6.07, 6.45) is 6.15. The summed E-state index contributed by atoms with van der Waals surface area (Å²) in [5.74, 6) is 1.58. The van der Waals surface area contributed by atoms with E-state index in [4.69, 9.17) is 4.98 Å². The molecule has 0 bridgehead atoms. The molecular weight excluding hydrogens is 458 g/mol. The summed E-state index contributed by atoms with van der Waals surface area (Å²) < 4.78 is 1.50. The first kappa shape index (κ1) is 21.0. The van der Waals surface area contributed by atoms with Crippen LogP contribution in [0.3, 0.4) is 0 Å². The molecule has 0 radical (unpaired) electrons. The highest BCUT2D eigenvalue weighted by atomic mass is 32.1. The predicted octanol–water partition coefficient (Wildman–Crippen LogP) is 0.826. The van der Waals surface area contributed by atoms with Crippen molar-refractivity contribution < 1.29 is 4.79 Å². The van der Waals surface area contributed by atoms with Crippen LogP contribution in [0.5, 0.6) is 0 Å². The third-order valence-electron chi connectivity index (χ3n) is 6.69. The van der Waals surface area contributed by atoms with Crippen LogP contribution in [0.2, 0.25) is 0 Å². The maximum absolute atomic E-state index is 12.9. The smallest absolute Gasteiger partial charge is 0.259 e. The molecule has 14 heteroatoms. The van der Waals surface area contributed by atoms with Crippen LogP contribution in [-0.4, -0.2) is 74.7 Å². The van der Waals surface area contributed by atoms with Crippen molar-refractivity contribution in [1.29, 1.82) is 0 Å². The lowest BCUT2D eigenvalue weighted by molar-refractivity contribution is -0.132. The van der Waals surface area contributed by atoms with Gasteiger partial charge in [-0.15, -0.1) is 26.6 Å². The highest BCUT2D eigenvalue weighted by Crippen LogP contribution is 2.35. The number of hydrogen-bond donors (Lipinski definition) is 2. The molecule has 1 amide bonds. The SMILES string of the molecule is O=C(CCn1nnnc1-c1nn[nH]n1)N1CCC(c2nc3sc4c(c3c(=O)[nH]2)CCCC4)CC1. The van der Waals surface area contributed by atoms with Gasteiger partial charge in [-0.2, -0.15) is 5.21 Å². The minimum Gasteiger partial charge on any atom is -0.343 e. The Balaban J connectivity index is 1.09. The third kappa shape index (κ3) is 3.77. The van der Waals surface area contributed by atoms with Crippen molar-refractivity contribution in [3.8, 4) is 11.6 Å². The van der Waals surface area contributed by atoms with Gasteiger partial charge in [0, 0.05) is 30.3 Å². The summed E-state index contributed by atoms with van der Waals surface area (Å²) in [6.45, 7) is 1.57. The number of aromatic amines is 2. The number of tetrazole rings is 2. The summed E-state index contributed by atoms with van der Waals surface area (Å²) in [5.41, 5.74) is 1.19. The molecule has 176 valence electrons. The lowest BCUT2D eigenvalue weighted by Crippen LogP contribution is -2.38. The van der Waals surface area contributed by atoms with Gasteiger partial charge in [0.1, 0.15) is 10.7 Å². The van der Waals surface area contributed by atoms with E-state index in [0.717, 1.165) is 48.1 Å². The monoisotopic (exact) mass is 481 g/mol. The van der Waals surface area contributed by atoms with Gasteiger partial charge in [0.25, 0.3) is 5.56 Å². The van der Waals surface area contributed by atoms with Crippen molar-refractivity contribution >= 4 is 27.5 Å². The fourth-order valence-corrected chi connectivity index (χ4v) is 6.18. The Bertz CT molecular complexity index is 1380. The van der Waals surface area contributed by atoms with Gasteiger partial charge < -0.3 is 9.88 Å². The molecule has 0 saturated carbocycles. The number of carbonyl (C=O) groups is 1. The standard InChI is InChI=1S/C20H23N11O2S/c32-14(7-10-31-18(25-28-29-31)17-23-26-27-24-17)30-8-5-11(6-9-30)16-21-19(33)15-12-3-1-2-4-13(12)34-20(15)22-16/h11H,1-10H2,(H,21,22,33)(H,23,24,26,27). The van der Waals surface area contributed by atoms with Gasteiger partial charge in [0.15, 0.2) is 0 Å². The quantitative estimate of drug-likeness (QED) is 0.420. The number of aryl methyl sites for hydroxylation is 3. The number of amides is 1. The molecular formula is C20H23N11O2S. The van der Waals surface area contributed by atoms with Gasteiger partial charge in [0.05, 0.1) is 11.9 Å². The number of nitrogens with zero attached hydrogens (tertiary/aromatic N) is 9. The van der Waals surface area contributed by atoms with E-state index in [9.17, 15) is 9.59 Å². The number of nitrogens with one attached hydrogen (secondary N) is 2. The van der Waals surface area contributed by atoms with Crippen LogP contribution < -0.4 is 5.56 Å². The molecule has 0 spiro atoms. The lowest BCUT2D eigenvalue weighted by Gasteiger charge is -2.31. The molecule has 0 unspecified atom stereocenters. The van der Waals surface area contributed by atoms with Gasteiger partial charge in [-0.1, -0.05) is 0 Å². The topological polar surface area (TPSA) is 164 Å². The highest BCUT2D eigenvalue weighted by molar-refractivity contribution is 7.18. The van der Waals surface area contributed by atoms with Crippen LogP contribution in [0.15, 0.2) is 4.79 Å². The minimum absolute atomic E-state index is 0.0169. The van der Waals surface area contributed by atoms with Crippen LogP contribution in [0.4, 0.5) is 0 Å². The molecule has 1 saturated heterocycles. The second-order valence-electron chi connectivity index (χ2n) is 8.71. The molecule has 4 aromatic heterocycles. The van der Waals surface area contributed by atoms with Crippen molar-refractivity contribution in [3.63, 3.8) is 0 Å².